The van der Waals surface area contributed by atoms with E-state index in [0.717, 1.165) is 11.0 Å². The zero-order chi connectivity index (χ0) is 58.5. The van der Waals surface area contributed by atoms with E-state index in [9.17, 15) is 39.0 Å². The maximum absolute atomic E-state index is 14.4. The number of esters is 2. The minimum Gasteiger partial charge on any atom is -0.461 e. The molecule has 5 aliphatic rings. The number of rotatable bonds is 9. The maximum Gasteiger partial charge on any atom is 0.493 e. The van der Waals surface area contributed by atoms with Crippen LogP contribution in [0.1, 0.15) is 126 Å². The molecule has 0 radical (unpaired) electrons. The highest BCUT2D eigenvalue weighted by Gasteiger charge is 2.52. The molecule has 1 unspecified atom stereocenters. The van der Waals surface area contributed by atoms with Gasteiger partial charge in [0.25, 0.3) is 11.7 Å². The predicted molar refractivity (Wildman–Crippen MR) is 301 cm³/mol. The molecule has 4 bridgehead atoms. The summed E-state index contributed by atoms with van der Waals surface area (Å²) in [5.41, 5.74) is 1.09. The number of piperidine rings is 1. The van der Waals surface area contributed by atoms with Gasteiger partial charge < -0.3 is 52.8 Å². The fourth-order valence-corrected chi connectivity index (χ4v) is 12.0. The molecule has 4 fully saturated rings. The van der Waals surface area contributed by atoms with Gasteiger partial charge in [0, 0.05) is 78.2 Å². The van der Waals surface area contributed by atoms with Crippen LogP contribution in [0, 0.1) is 46.8 Å². The van der Waals surface area contributed by atoms with Crippen molar-refractivity contribution in [3.63, 3.8) is 0 Å². The van der Waals surface area contributed by atoms with E-state index in [4.69, 9.17) is 37.7 Å². The largest absolute Gasteiger partial charge is 0.493 e. The SMILES string of the molecule is CO[C@H]1C[C@@H]2CC[C@@H](C)[C@@](O)(O2)C(=O)C(=O)N2CCCC(C2)C(=O)O[C@H]([C@H](C)C[C@@H]2CC[C@@H](OC(=O)C3(C)COB(c4ccccc4)OC3)[C@H](OC)C2)CC(=O)[C@H](C)/C=C(\C)[C@@H](O)[C@@H](OC)C(=O)[C@H](C)C[C@H](C)/C=C/C=C/C=C/1C. The number of fused-ring (bicyclic) bond motifs is 4. The first kappa shape index (κ1) is 64.5. The molecule has 1 aromatic carbocycles. The van der Waals surface area contributed by atoms with E-state index in [1.54, 1.807) is 48.0 Å². The summed E-state index contributed by atoms with van der Waals surface area (Å²) in [6.07, 6.45) is 10.3. The second-order valence-electron chi connectivity index (χ2n) is 24.0. The number of Topliss-reactive ketones (excluding diaryl/α,β-unsaturated/α-hetero) is 3. The molecule has 1 amide bonds. The van der Waals surface area contributed by atoms with E-state index in [1.807, 2.05) is 88.4 Å². The van der Waals surface area contributed by atoms with Gasteiger partial charge in [0.2, 0.25) is 5.79 Å². The van der Waals surface area contributed by atoms with Gasteiger partial charge >= 0.3 is 19.1 Å². The van der Waals surface area contributed by atoms with Gasteiger partial charge in [-0.2, -0.15) is 0 Å². The van der Waals surface area contributed by atoms with Crippen molar-refractivity contribution < 1.29 is 76.7 Å². The van der Waals surface area contributed by atoms with E-state index >= 15 is 0 Å². The van der Waals surface area contributed by atoms with Crippen molar-refractivity contribution in [1.82, 2.24) is 4.90 Å². The topological polar surface area (TPSA) is 220 Å². The van der Waals surface area contributed by atoms with Gasteiger partial charge in [0.05, 0.1) is 24.2 Å². The Kier molecular flexibility index (Phi) is 23.8. The zero-order valence-corrected chi connectivity index (χ0v) is 49.2. The molecule has 80 heavy (non-hydrogen) atoms. The highest BCUT2D eigenvalue weighted by atomic mass is 16.6. The third-order valence-electron chi connectivity index (χ3n) is 17.4. The molecule has 2 N–H and O–H groups in total. The molecule has 6 rings (SSSR count). The number of hydrogen-bond donors (Lipinski definition) is 2. The third kappa shape index (κ3) is 16.5. The van der Waals surface area contributed by atoms with Crippen molar-refractivity contribution in [1.29, 1.82) is 0 Å². The molecule has 4 aliphatic heterocycles. The molecule has 1 saturated carbocycles. The number of hydrogen-bond acceptors (Lipinski definition) is 16. The Morgan fingerprint density at radius 1 is 0.850 bits per heavy atom. The van der Waals surface area contributed by atoms with Crippen LogP contribution in [0.15, 0.2) is 77.9 Å². The molecule has 0 spiro atoms. The van der Waals surface area contributed by atoms with Crippen LogP contribution in [-0.2, 0) is 66.5 Å². The Morgan fingerprint density at radius 3 is 2.24 bits per heavy atom. The molecular formula is C62H90BNO16. The Bertz CT molecular complexity index is 2400. The number of ketones is 3. The first-order valence-electron chi connectivity index (χ1n) is 29.0. The summed E-state index contributed by atoms with van der Waals surface area (Å²) in [5.74, 6) is -9.13. The molecule has 3 saturated heterocycles. The quantitative estimate of drug-likeness (QED) is 0.110. The normalized spacial score (nSPS) is 36.8. The lowest BCUT2D eigenvalue weighted by Crippen LogP contribution is -2.59. The number of ether oxygens (including phenoxy) is 6. The van der Waals surface area contributed by atoms with Crippen LogP contribution in [0.3, 0.4) is 0 Å². The molecule has 1 aliphatic carbocycles. The lowest BCUT2D eigenvalue weighted by Gasteiger charge is -2.42. The van der Waals surface area contributed by atoms with Crippen LogP contribution < -0.4 is 5.46 Å². The summed E-state index contributed by atoms with van der Waals surface area (Å²) in [5, 5.41) is 23.5. The Hall–Kier alpha value is -4.66. The highest BCUT2D eigenvalue weighted by Crippen LogP contribution is 2.39. The van der Waals surface area contributed by atoms with E-state index in [0.29, 0.717) is 69.8 Å². The Balaban J connectivity index is 1.21. The first-order valence-corrected chi connectivity index (χ1v) is 29.0. The van der Waals surface area contributed by atoms with E-state index < -0.39 is 108 Å². The summed E-state index contributed by atoms with van der Waals surface area (Å²) in [6.45, 7) is 14.7. The van der Waals surface area contributed by atoms with Crippen molar-refractivity contribution in [3.05, 3.63) is 77.9 Å². The Labute approximate surface area is 474 Å². The summed E-state index contributed by atoms with van der Waals surface area (Å²) in [4.78, 5) is 86.0. The highest BCUT2D eigenvalue weighted by molar-refractivity contribution is 6.61. The number of methoxy groups -OCH3 is 3. The van der Waals surface area contributed by atoms with Crippen molar-refractivity contribution in [2.24, 2.45) is 46.8 Å². The lowest BCUT2D eigenvalue weighted by molar-refractivity contribution is -0.265. The van der Waals surface area contributed by atoms with Crippen LogP contribution in [0.25, 0.3) is 0 Å². The minimum atomic E-state index is -2.40. The second-order valence-corrected chi connectivity index (χ2v) is 24.0. The number of cyclic esters (lactones) is 1. The zero-order valence-electron chi connectivity index (χ0n) is 49.2. The van der Waals surface area contributed by atoms with Gasteiger partial charge in [-0.05, 0) is 113 Å². The first-order chi connectivity index (χ1) is 38.0. The minimum absolute atomic E-state index is 0.00278. The summed E-state index contributed by atoms with van der Waals surface area (Å²) < 4.78 is 48.1. The van der Waals surface area contributed by atoms with Crippen molar-refractivity contribution >= 4 is 47.8 Å². The number of allylic oxidation sites excluding steroid dienone is 6. The molecule has 442 valence electrons. The maximum atomic E-state index is 14.4. The molecular weight excluding hydrogens is 1030 g/mol. The third-order valence-corrected chi connectivity index (χ3v) is 17.4. The summed E-state index contributed by atoms with van der Waals surface area (Å²) in [7, 11) is 3.95. The molecule has 15 atom stereocenters. The predicted octanol–water partition coefficient (Wildman–Crippen LogP) is 7.04. The Morgan fingerprint density at radius 2 is 1.56 bits per heavy atom. The smallest absolute Gasteiger partial charge is 0.461 e. The van der Waals surface area contributed by atoms with Gasteiger partial charge in [0.1, 0.15) is 35.6 Å². The lowest BCUT2D eigenvalue weighted by atomic mass is 9.75. The van der Waals surface area contributed by atoms with Crippen LogP contribution in [0.4, 0.5) is 0 Å². The fraction of sp³-hybridized carbons (Fsp3) is 0.677. The van der Waals surface area contributed by atoms with Gasteiger partial charge in [0.15, 0.2) is 5.78 Å². The van der Waals surface area contributed by atoms with Gasteiger partial charge in [-0.15, -0.1) is 0 Å². The van der Waals surface area contributed by atoms with Crippen LogP contribution >= 0.6 is 0 Å². The average Bonchev–Trinajstić information content (AvgIpc) is 3.48. The van der Waals surface area contributed by atoms with Crippen molar-refractivity contribution in [2.45, 2.75) is 175 Å². The van der Waals surface area contributed by atoms with Crippen molar-refractivity contribution in [2.75, 3.05) is 47.6 Å². The molecule has 18 heteroatoms. The monoisotopic (exact) mass is 1120 g/mol. The van der Waals surface area contributed by atoms with E-state index in [2.05, 4.69) is 0 Å². The van der Waals surface area contributed by atoms with Gasteiger partial charge in [-0.25, -0.2) is 0 Å². The number of benzene rings is 1. The summed E-state index contributed by atoms with van der Waals surface area (Å²) in [6, 6.07) is 9.52. The number of aliphatic hydroxyl groups is 2. The fourth-order valence-electron chi connectivity index (χ4n) is 12.0. The molecule has 0 aromatic heterocycles. The standard InChI is InChI=1S/C62H90BNO16/c1-38-19-14-12-15-20-39(2)51(73-9)33-48-26-24-44(7)62(72,80-48)57(68)58(69)64-28-18-21-46(35-64)59(70)78-52(34-49(65)40(3)30-43(6)55(67)56(75-11)54(66)42(5)29-38)41(4)31-45-25-27-50(53(32-45)74-10)79-60(71)61(8)36-76-63(77-37-61)47-22-16-13-17-23-47/h12-17,19-20,22-23,30,38,40-42,44-46,48,50-53,55-56,67,72H,18,21,24-29,31-37H2,1-11H3/b15-12+,19-14+,39-20+,43-30+/t38-,40-,41-,42-,44-,45+,46?,48+,50-,51+,52+,53-,55-,56+,62-/m1/s1. The molecule has 1 aromatic rings. The number of carbonyl (C=O) groups excluding carboxylic acids is 6. The van der Waals surface area contributed by atoms with Gasteiger partial charge in [-0.1, -0.05) is 101 Å². The van der Waals surface area contributed by atoms with Crippen LogP contribution in [-0.4, -0.2) is 154 Å². The van der Waals surface area contributed by atoms with Crippen LogP contribution in [0.5, 0.6) is 0 Å². The molecule has 17 nitrogen and oxygen atoms in total. The second kappa shape index (κ2) is 29.5. The number of carbonyl (C=O) groups is 6. The molecule has 4 heterocycles. The average molecular weight is 1120 g/mol. The number of amides is 1. The van der Waals surface area contributed by atoms with Crippen LogP contribution in [0.2, 0.25) is 0 Å². The van der Waals surface area contributed by atoms with E-state index in [-0.39, 0.29) is 62.0 Å². The van der Waals surface area contributed by atoms with Gasteiger partial charge in [-0.3, -0.25) is 28.8 Å². The number of nitrogens with zero attached hydrogens (tertiary/aromatic N) is 1. The van der Waals surface area contributed by atoms with E-state index in [1.165, 1.54) is 12.0 Å². The summed E-state index contributed by atoms with van der Waals surface area (Å²) >= 11 is 0. The number of aliphatic hydroxyl groups excluding tert-OH is 1. The van der Waals surface area contributed by atoms with Crippen molar-refractivity contribution in [3.8, 4) is 0 Å².